The van der Waals surface area contributed by atoms with Crippen molar-refractivity contribution >= 4 is 17.5 Å². The topological polar surface area (TPSA) is 71.8 Å². The normalized spacial score (nSPS) is 10.6. The molecule has 0 aliphatic rings. The summed E-state index contributed by atoms with van der Waals surface area (Å²) in [5, 5.41) is 0.635. The van der Waals surface area contributed by atoms with Crippen molar-refractivity contribution in [3.05, 3.63) is 39.8 Å². The average Bonchev–Trinajstić information content (AvgIpc) is 2.44. The Morgan fingerprint density at radius 2 is 1.95 bits per heavy atom. The molecule has 0 unspecified atom stereocenters. The van der Waals surface area contributed by atoms with E-state index in [4.69, 9.17) is 11.6 Å². The number of nitrogens with one attached hydrogen (secondary N) is 2. The highest BCUT2D eigenvalue weighted by atomic mass is 35.5. The quantitative estimate of drug-likeness (QED) is 0.650. The van der Waals surface area contributed by atoms with Gasteiger partial charge in [-0.1, -0.05) is 18.5 Å². The van der Waals surface area contributed by atoms with E-state index in [9.17, 15) is 4.79 Å². The molecule has 0 amide bonds. The van der Waals surface area contributed by atoms with Crippen molar-refractivity contribution in [2.24, 2.45) is 7.05 Å². The Balaban J connectivity index is 2.36. The number of halogens is 1. The molecule has 0 fully saturated rings. The first-order valence-electron chi connectivity index (χ1n) is 6.31. The fraction of sp³-hybridized carbons (Fsp3) is 0.308. The van der Waals surface area contributed by atoms with Gasteiger partial charge in [-0.25, -0.2) is 10.2 Å². The number of hydrazine groups is 1. The third-order valence-electron chi connectivity index (χ3n) is 2.70. The summed E-state index contributed by atoms with van der Waals surface area (Å²) in [6.45, 7) is 2.80. The van der Waals surface area contributed by atoms with E-state index in [2.05, 4.69) is 20.8 Å². The van der Waals surface area contributed by atoms with Gasteiger partial charge < -0.3 is 0 Å². The number of anilines is 1. The van der Waals surface area contributed by atoms with Gasteiger partial charge in [0.2, 0.25) is 5.95 Å². The highest BCUT2D eigenvalue weighted by molar-refractivity contribution is 6.30. The molecule has 7 heteroatoms. The number of benzene rings is 1. The zero-order valence-electron chi connectivity index (χ0n) is 11.4. The lowest BCUT2D eigenvalue weighted by Gasteiger charge is -2.10. The Hall–Kier alpha value is -1.92. The molecule has 0 aliphatic heterocycles. The van der Waals surface area contributed by atoms with Crippen LogP contribution in [0.5, 0.6) is 0 Å². The molecule has 1 heterocycles. The largest absolute Gasteiger partial charge is 0.352 e. The van der Waals surface area contributed by atoms with Crippen molar-refractivity contribution in [3.63, 3.8) is 0 Å². The summed E-state index contributed by atoms with van der Waals surface area (Å²) in [5.41, 5.74) is 6.20. The van der Waals surface area contributed by atoms with Gasteiger partial charge >= 0.3 is 5.69 Å². The number of hydrogen-bond donors (Lipinski definition) is 2. The Kier molecular flexibility index (Phi) is 4.70. The first kappa shape index (κ1) is 14.5. The standard InChI is InChI=1S/C13H16ClN5O/c1-3-8-15-18-12-16-11(19(2)13(20)17-12)9-4-6-10(14)7-5-9/h4-7,15H,3,8H2,1-2H3,(H,17,18,20). The molecule has 0 aliphatic carbocycles. The second-order valence-corrected chi connectivity index (χ2v) is 4.71. The molecule has 0 radical (unpaired) electrons. The van der Waals surface area contributed by atoms with Gasteiger partial charge in [-0.3, -0.25) is 9.99 Å². The monoisotopic (exact) mass is 293 g/mol. The molecule has 20 heavy (non-hydrogen) atoms. The first-order valence-corrected chi connectivity index (χ1v) is 6.69. The lowest BCUT2D eigenvalue weighted by atomic mass is 10.2. The van der Waals surface area contributed by atoms with Crippen LogP contribution in [0.15, 0.2) is 29.1 Å². The maximum Gasteiger partial charge on any atom is 0.352 e. The molecular formula is C13H16ClN5O. The molecule has 6 nitrogen and oxygen atoms in total. The molecule has 2 aromatic rings. The van der Waals surface area contributed by atoms with Crippen LogP contribution in [0.25, 0.3) is 11.4 Å². The van der Waals surface area contributed by atoms with Crippen molar-refractivity contribution in [2.45, 2.75) is 13.3 Å². The minimum Gasteiger partial charge on any atom is -0.289 e. The molecule has 0 saturated carbocycles. The summed E-state index contributed by atoms with van der Waals surface area (Å²) in [5.74, 6) is 0.786. The van der Waals surface area contributed by atoms with E-state index in [0.717, 1.165) is 18.5 Å². The van der Waals surface area contributed by atoms with Gasteiger partial charge in [0.05, 0.1) is 0 Å². The van der Waals surface area contributed by atoms with Gasteiger partial charge in [0.1, 0.15) is 5.82 Å². The molecule has 1 aromatic heterocycles. The summed E-state index contributed by atoms with van der Waals surface area (Å²) in [6.07, 6.45) is 0.960. The van der Waals surface area contributed by atoms with Crippen LogP contribution in [0, 0.1) is 0 Å². The number of hydrogen-bond acceptors (Lipinski definition) is 5. The fourth-order valence-corrected chi connectivity index (χ4v) is 1.76. The summed E-state index contributed by atoms with van der Waals surface area (Å²) < 4.78 is 1.40. The van der Waals surface area contributed by atoms with Crippen molar-refractivity contribution in [1.82, 2.24) is 20.0 Å². The highest BCUT2D eigenvalue weighted by Crippen LogP contribution is 2.18. The molecule has 0 atom stereocenters. The Morgan fingerprint density at radius 3 is 2.60 bits per heavy atom. The third-order valence-corrected chi connectivity index (χ3v) is 2.95. The maximum absolute atomic E-state index is 11.9. The molecule has 2 rings (SSSR count). The van der Waals surface area contributed by atoms with Crippen LogP contribution < -0.4 is 16.5 Å². The van der Waals surface area contributed by atoms with Crippen LogP contribution in [0.3, 0.4) is 0 Å². The number of rotatable bonds is 5. The molecular weight excluding hydrogens is 278 g/mol. The van der Waals surface area contributed by atoms with Crippen LogP contribution in [-0.4, -0.2) is 21.1 Å². The maximum atomic E-state index is 11.9. The number of nitrogens with zero attached hydrogens (tertiary/aromatic N) is 3. The second kappa shape index (κ2) is 6.49. The molecule has 2 N–H and O–H groups in total. The summed E-state index contributed by atoms with van der Waals surface area (Å²) in [7, 11) is 1.63. The Labute approximate surface area is 121 Å². The fourth-order valence-electron chi connectivity index (χ4n) is 1.64. The van der Waals surface area contributed by atoms with Gasteiger partial charge in [-0.05, 0) is 30.7 Å². The lowest BCUT2D eigenvalue weighted by Crippen LogP contribution is -2.29. The molecule has 106 valence electrons. The summed E-state index contributed by atoms with van der Waals surface area (Å²) >= 11 is 5.86. The van der Waals surface area contributed by atoms with E-state index < -0.39 is 0 Å². The van der Waals surface area contributed by atoms with Crippen LogP contribution in [0.4, 0.5) is 5.95 Å². The first-order chi connectivity index (χ1) is 9.61. The molecule has 0 spiro atoms. The van der Waals surface area contributed by atoms with Crippen molar-refractivity contribution in [2.75, 3.05) is 12.0 Å². The predicted octanol–water partition coefficient (Wildman–Crippen LogP) is 1.82. The SMILES string of the molecule is CCCNNc1nc(-c2ccc(Cl)cc2)n(C)c(=O)n1. The minimum atomic E-state index is -0.370. The molecule has 1 aromatic carbocycles. The Bertz CT molecular complexity index is 638. The van der Waals surface area contributed by atoms with Crippen molar-refractivity contribution in [1.29, 1.82) is 0 Å². The minimum absolute atomic E-state index is 0.256. The molecule has 0 bridgehead atoms. The second-order valence-electron chi connectivity index (χ2n) is 4.27. The Morgan fingerprint density at radius 1 is 1.25 bits per heavy atom. The summed E-state index contributed by atoms with van der Waals surface area (Å²) in [6, 6.07) is 7.14. The van der Waals surface area contributed by atoms with E-state index in [0.29, 0.717) is 10.8 Å². The van der Waals surface area contributed by atoms with E-state index in [1.165, 1.54) is 4.57 Å². The van der Waals surface area contributed by atoms with Gasteiger partial charge in [0.25, 0.3) is 0 Å². The average molecular weight is 294 g/mol. The van der Waals surface area contributed by atoms with Crippen molar-refractivity contribution < 1.29 is 0 Å². The van der Waals surface area contributed by atoms with Crippen LogP contribution in [0.2, 0.25) is 5.02 Å². The van der Waals surface area contributed by atoms with E-state index in [1.54, 1.807) is 19.2 Å². The smallest absolute Gasteiger partial charge is 0.289 e. The zero-order valence-corrected chi connectivity index (χ0v) is 12.1. The number of aromatic nitrogens is 3. The van der Waals surface area contributed by atoms with Crippen LogP contribution in [0.1, 0.15) is 13.3 Å². The molecule has 0 saturated heterocycles. The van der Waals surface area contributed by atoms with E-state index in [-0.39, 0.29) is 11.6 Å². The predicted molar refractivity (Wildman–Crippen MR) is 79.6 cm³/mol. The van der Waals surface area contributed by atoms with Gasteiger partial charge in [-0.2, -0.15) is 9.97 Å². The highest BCUT2D eigenvalue weighted by Gasteiger charge is 2.09. The van der Waals surface area contributed by atoms with Crippen molar-refractivity contribution in [3.8, 4) is 11.4 Å². The zero-order chi connectivity index (χ0) is 14.5. The van der Waals surface area contributed by atoms with E-state index in [1.807, 2.05) is 19.1 Å². The van der Waals surface area contributed by atoms with Gasteiger partial charge in [-0.15, -0.1) is 0 Å². The van der Waals surface area contributed by atoms with Gasteiger partial charge in [0.15, 0.2) is 0 Å². The van der Waals surface area contributed by atoms with Crippen LogP contribution >= 0.6 is 11.6 Å². The third kappa shape index (κ3) is 3.34. The van der Waals surface area contributed by atoms with E-state index >= 15 is 0 Å². The lowest BCUT2D eigenvalue weighted by molar-refractivity contribution is 0.730. The van der Waals surface area contributed by atoms with Crippen LogP contribution in [-0.2, 0) is 7.05 Å². The summed E-state index contributed by atoms with van der Waals surface area (Å²) in [4.78, 5) is 20.0. The van der Waals surface area contributed by atoms with Gasteiger partial charge in [0, 0.05) is 24.2 Å².